The van der Waals surface area contributed by atoms with Crippen LogP contribution in [0.5, 0.6) is 0 Å². The van der Waals surface area contributed by atoms with Crippen LogP contribution in [0.25, 0.3) is 0 Å². The second kappa shape index (κ2) is 8.81. The maximum absolute atomic E-state index is 13.2. The zero-order valence-electron chi connectivity index (χ0n) is 13.7. The molecule has 1 aromatic carbocycles. The predicted octanol–water partition coefficient (Wildman–Crippen LogP) is 3.51. The molecule has 1 heterocycles. The Kier molecular flexibility index (Phi) is 6.73. The normalized spacial score (nSPS) is 11.1. The third kappa shape index (κ3) is 6.52. The molecule has 0 atom stereocenters. The molecule has 0 aliphatic rings. The standard InChI is InChI=1S/C17H13ClF4N2O3/c18-14-7-12(19)5-4-11(14)8-24(9-13-3-1-2-6-23-13)15(25)16(26)27-10-17(20,21)22/h1-7H,8-10H2. The number of benzene rings is 1. The zero-order chi connectivity index (χ0) is 20.0. The van der Waals surface area contributed by atoms with Crippen molar-refractivity contribution in [3.05, 3.63) is 64.7 Å². The average molecular weight is 405 g/mol. The highest BCUT2D eigenvalue weighted by Crippen LogP contribution is 2.20. The van der Waals surface area contributed by atoms with Crippen LogP contribution in [0.15, 0.2) is 42.6 Å². The van der Waals surface area contributed by atoms with Crippen LogP contribution in [0.3, 0.4) is 0 Å². The molecule has 0 unspecified atom stereocenters. The summed E-state index contributed by atoms with van der Waals surface area (Å²) < 4.78 is 53.8. The first-order chi connectivity index (χ1) is 12.7. The molecular formula is C17H13ClF4N2O3. The van der Waals surface area contributed by atoms with E-state index >= 15 is 0 Å². The highest BCUT2D eigenvalue weighted by Gasteiger charge is 2.33. The number of alkyl halides is 3. The largest absolute Gasteiger partial charge is 0.449 e. The van der Waals surface area contributed by atoms with E-state index in [1.807, 2.05) is 0 Å². The number of ether oxygens (including phenoxy) is 1. The van der Waals surface area contributed by atoms with E-state index < -0.39 is 30.5 Å². The predicted molar refractivity (Wildman–Crippen MR) is 86.9 cm³/mol. The number of esters is 1. The molecule has 0 N–H and O–H groups in total. The van der Waals surface area contributed by atoms with Crippen LogP contribution < -0.4 is 0 Å². The first kappa shape index (κ1) is 20.6. The second-order valence-electron chi connectivity index (χ2n) is 5.41. The topological polar surface area (TPSA) is 59.5 Å². The van der Waals surface area contributed by atoms with E-state index in [-0.39, 0.29) is 18.1 Å². The molecule has 0 radical (unpaired) electrons. The molecule has 0 aliphatic heterocycles. The number of halogens is 5. The highest BCUT2D eigenvalue weighted by molar-refractivity contribution is 6.32. The van der Waals surface area contributed by atoms with Crippen molar-refractivity contribution in [2.24, 2.45) is 0 Å². The molecule has 0 spiro atoms. The summed E-state index contributed by atoms with van der Waals surface area (Å²) in [6.45, 7) is -2.32. The maximum atomic E-state index is 13.2. The van der Waals surface area contributed by atoms with Gasteiger partial charge >= 0.3 is 18.1 Å². The average Bonchev–Trinajstić information content (AvgIpc) is 2.61. The third-order valence-electron chi connectivity index (χ3n) is 3.28. The zero-order valence-corrected chi connectivity index (χ0v) is 14.4. The van der Waals surface area contributed by atoms with E-state index in [0.717, 1.165) is 17.0 Å². The van der Waals surface area contributed by atoms with Gasteiger partial charge < -0.3 is 9.64 Å². The van der Waals surface area contributed by atoms with Crippen LogP contribution in [0.1, 0.15) is 11.3 Å². The molecule has 0 fully saturated rings. The number of rotatable bonds is 5. The molecule has 5 nitrogen and oxygen atoms in total. The fourth-order valence-electron chi connectivity index (χ4n) is 2.08. The summed E-state index contributed by atoms with van der Waals surface area (Å²) in [6, 6.07) is 8.25. The lowest BCUT2D eigenvalue weighted by Crippen LogP contribution is -2.38. The van der Waals surface area contributed by atoms with Crippen LogP contribution in [0.4, 0.5) is 17.6 Å². The molecular weight excluding hydrogens is 392 g/mol. The van der Waals surface area contributed by atoms with Crippen LogP contribution in [-0.2, 0) is 27.4 Å². The van der Waals surface area contributed by atoms with Crippen LogP contribution in [0.2, 0.25) is 5.02 Å². The van der Waals surface area contributed by atoms with Crippen LogP contribution in [0, 0.1) is 5.82 Å². The van der Waals surface area contributed by atoms with Crippen molar-refractivity contribution in [3.8, 4) is 0 Å². The Morgan fingerprint density at radius 2 is 1.89 bits per heavy atom. The van der Waals surface area contributed by atoms with E-state index in [4.69, 9.17) is 11.6 Å². The molecule has 0 aliphatic carbocycles. The van der Waals surface area contributed by atoms with Crippen molar-refractivity contribution in [1.82, 2.24) is 9.88 Å². The lowest BCUT2D eigenvalue weighted by atomic mass is 10.2. The Bertz CT molecular complexity index is 816. The number of pyridine rings is 1. The fraction of sp³-hybridized carbons (Fsp3) is 0.235. The minimum absolute atomic E-state index is 0.00233. The lowest BCUT2D eigenvalue weighted by molar-refractivity contribution is -0.189. The fourth-order valence-corrected chi connectivity index (χ4v) is 2.31. The summed E-state index contributed by atoms with van der Waals surface area (Å²) in [5, 5.41) is -0.00233. The molecule has 27 heavy (non-hydrogen) atoms. The Morgan fingerprint density at radius 3 is 2.48 bits per heavy atom. The van der Waals surface area contributed by atoms with E-state index in [1.165, 1.54) is 12.3 Å². The SMILES string of the molecule is O=C(OCC(F)(F)F)C(=O)N(Cc1ccccn1)Cc1ccc(F)cc1Cl. The van der Waals surface area contributed by atoms with E-state index in [0.29, 0.717) is 11.3 Å². The summed E-state index contributed by atoms with van der Waals surface area (Å²) in [7, 11) is 0. The van der Waals surface area contributed by atoms with Gasteiger partial charge in [0.2, 0.25) is 0 Å². The van der Waals surface area contributed by atoms with Crippen LogP contribution in [-0.4, -0.2) is 34.5 Å². The van der Waals surface area contributed by atoms with Gasteiger partial charge in [-0.25, -0.2) is 9.18 Å². The van der Waals surface area contributed by atoms with E-state index in [9.17, 15) is 27.2 Å². The molecule has 0 saturated carbocycles. The Labute approximate surface area is 156 Å². The van der Waals surface area contributed by atoms with Crippen molar-refractivity contribution in [3.63, 3.8) is 0 Å². The van der Waals surface area contributed by atoms with Gasteiger partial charge in [0.1, 0.15) is 5.82 Å². The lowest BCUT2D eigenvalue weighted by Gasteiger charge is -2.22. The van der Waals surface area contributed by atoms with Crippen molar-refractivity contribution in [2.75, 3.05) is 6.61 Å². The van der Waals surface area contributed by atoms with Gasteiger partial charge in [-0.2, -0.15) is 13.2 Å². The quantitative estimate of drug-likeness (QED) is 0.435. The summed E-state index contributed by atoms with van der Waals surface area (Å²) in [6.07, 6.45) is -3.31. The highest BCUT2D eigenvalue weighted by atomic mass is 35.5. The van der Waals surface area contributed by atoms with Crippen molar-refractivity contribution in [1.29, 1.82) is 0 Å². The second-order valence-corrected chi connectivity index (χ2v) is 5.82. The Morgan fingerprint density at radius 1 is 1.15 bits per heavy atom. The molecule has 2 aromatic rings. The van der Waals surface area contributed by atoms with Gasteiger partial charge in [0.15, 0.2) is 6.61 Å². The van der Waals surface area contributed by atoms with Gasteiger partial charge in [0, 0.05) is 17.8 Å². The van der Waals surface area contributed by atoms with Gasteiger partial charge in [-0.15, -0.1) is 0 Å². The third-order valence-corrected chi connectivity index (χ3v) is 3.64. The number of nitrogens with zero attached hydrogens (tertiary/aromatic N) is 2. The summed E-state index contributed by atoms with van der Waals surface area (Å²) in [5.41, 5.74) is 0.679. The smallest absolute Gasteiger partial charge is 0.422 e. The first-order valence-corrected chi connectivity index (χ1v) is 7.90. The van der Waals surface area contributed by atoms with Gasteiger partial charge in [-0.05, 0) is 29.8 Å². The van der Waals surface area contributed by atoms with E-state index in [1.54, 1.807) is 18.2 Å². The number of amides is 1. The summed E-state index contributed by atoms with van der Waals surface area (Å²) in [4.78, 5) is 28.9. The first-order valence-electron chi connectivity index (χ1n) is 7.52. The molecule has 144 valence electrons. The Hall–Kier alpha value is -2.68. The number of carbonyl (C=O) groups excluding carboxylic acids is 2. The molecule has 0 bridgehead atoms. The number of hydrogen-bond acceptors (Lipinski definition) is 4. The molecule has 10 heteroatoms. The molecule has 1 amide bonds. The van der Waals surface area contributed by atoms with Gasteiger partial charge in [0.25, 0.3) is 0 Å². The summed E-state index contributed by atoms with van der Waals surface area (Å²) in [5.74, 6) is -3.57. The van der Waals surface area contributed by atoms with Gasteiger partial charge in [0.05, 0.1) is 12.2 Å². The molecule has 1 aromatic heterocycles. The maximum Gasteiger partial charge on any atom is 0.422 e. The van der Waals surface area contributed by atoms with E-state index in [2.05, 4.69) is 9.72 Å². The number of carbonyl (C=O) groups is 2. The van der Waals surface area contributed by atoms with Gasteiger partial charge in [-0.1, -0.05) is 23.7 Å². The minimum atomic E-state index is -4.76. The molecule has 0 saturated heterocycles. The summed E-state index contributed by atoms with van der Waals surface area (Å²) >= 11 is 5.92. The minimum Gasteiger partial charge on any atom is -0.449 e. The number of aromatic nitrogens is 1. The number of hydrogen-bond donors (Lipinski definition) is 0. The van der Waals surface area contributed by atoms with Crippen molar-refractivity contribution >= 4 is 23.5 Å². The monoisotopic (exact) mass is 404 g/mol. The Balaban J connectivity index is 2.20. The molecule has 2 rings (SSSR count). The van der Waals surface area contributed by atoms with Gasteiger partial charge in [-0.3, -0.25) is 9.78 Å². The van der Waals surface area contributed by atoms with Crippen LogP contribution >= 0.6 is 11.6 Å². The van der Waals surface area contributed by atoms with Crippen molar-refractivity contribution < 1.29 is 31.9 Å². The van der Waals surface area contributed by atoms with Crippen molar-refractivity contribution in [2.45, 2.75) is 19.3 Å².